The van der Waals surface area contributed by atoms with Gasteiger partial charge in [-0.2, -0.15) is 13.5 Å². The van der Waals surface area contributed by atoms with Crippen LogP contribution in [-0.4, -0.2) is 23.4 Å². The van der Waals surface area contributed by atoms with Gasteiger partial charge in [0.05, 0.1) is 16.1 Å². The Morgan fingerprint density at radius 3 is 2.38 bits per heavy atom. The summed E-state index contributed by atoms with van der Waals surface area (Å²) in [6.07, 6.45) is -0.0539. The minimum atomic E-state index is -3.27. The number of benzene rings is 2. The van der Waals surface area contributed by atoms with Crippen molar-refractivity contribution >= 4 is 23.1 Å². The molecule has 4 rings (SSSR count). The number of nitrogens with zero attached hydrogens (tertiary/aromatic N) is 1. The van der Waals surface area contributed by atoms with Gasteiger partial charge >= 0.3 is 6.61 Å². The van der Waals surface area contributed by atoms with E-state index in [1.165, 1.54) is 12.1 Å². The highest BCUT2D eigenvalue weighted by molar-refractivity contribution is 6.31. The number of pyridine rings is 1. The molecule has 1 aromatic heterocycles. The number of halogens is 6. The summed E-state index contributed by atoms with van der Waals surface area (Å²) in [7, 11) is 0. The van der Waals surface area contributed by atoms with E-state index in [1.807, 2.05) is 0 Å². The molecule has 1 saturated carbocycles. The first-order valence-electron chi connectivity index (χ1n) is 11.9. The molecule has 2 aromatic carbocycles. The molecular formula is C28H23ClF5NO4. The Hall–Kier alpha value is -3.66. The third-order valence-corrected chi connectivity index (χ3v) is 6.95. The first-order valence-corrected chi connectivity index (χ1v) is 12.3. The van der Waals surface area contributed by atoms with Gasteiger partial charge in [-0.05, 0) is 36.1 Å². The summed E-state index contributed by atoms with van der Waals surface area (Å²) in [5.74, 6) is -6.57. The highest BCUT2D eigenvalue weighted by Crippen LogP contribution is 2.47. The third kappa shape index (κ3) is 6.50. The standard InChI is InChI=1S/C28H23ClF5NO4/c1-15(36)18-4-2-16(3-5-18)11-23(37)20(10-17-12-28(33,34)13-17)22-8-6-19(14-35(22)38)25-24(39-27(31)32)9-7-21(29)26(25)30/h2-9,14,17,20,27,36H,1,10-13H2. The van der Waals surface area contributed by atoms with E-state index in [0.29, 0.717) is 15.9 Å². The maximum Gasteiger partial charge on any atom is 0.387 e. The second-order valence-corrected chi connectivity index (χ2v) is 9.89. The molecule has 1 aliphatic rings. The quantitative estimate of drug-likeness (QED) is 0.121. The predicted octanol–water partition coefficient (Wildman–Crippen LogP) is 7.24. The fourth-order valence-corrected chi connectivity index (χ4v) is 4.91. The van der Waals surface area contributed by atoms with Crippen LogP contribution < -0.4 is 9.47 Å². The van der Waals surface area contributed by atoms with Crippen LogP contribution in [0, 0.1) is 16.9 Å². The van der Waals surface area contributed by atoms with Gasteiger partial charge < -0.3 is 15.1 Å². The fraction of sp³-hybridized carbons (Fsp3) is 0.286. The van der Waals surface area contributed by atoms with Crippen molar-refractivity contribution in [3.63, 3.8) is 0 Å². The second-order valence-electron chi connectivity index (χ2n) is 9.49. The molecule has 3 aromatic rings. The zero-order valence-corrected chi connectivity index (χ0v) is 21.1. The monoisotopic (exact) mass is 567 g/mol. The van der Waals surface area contributed by atoms with E-state index >= 15 is 0 Å². The molecule has 11 heteroatoms. The number of aromatic nitrogens is 1. The summed E-state index contributed by atoms with van der Waals surface area (Å²) >= 11 is 5.81. The number of hydrogen-bond acceptors (Lipinski definition) is 4. The summed E-state index contributed by atoms with van der Waals surface area (Å²) in [5, 5.41) is 22.2. The molecule has 1 aliphatic carbocycles. The number of aliphatic hydroxyl groups excluding tert-OH is 1. The van der Waals surface area contributed by atoms with Crippen LogP contribution in [0.15, 0.2) is 61.3 Å². The summed E-state index contributed by atoms with van der Waals surface area (Å²) in [5.41, 5.74) is 0.364. The zero-order chi connectivity index (χ0) is 28.5. The SMILES string of the molecule is C=C(O)c1ccc(CC(=O)C(CC2CC(F)(F)C2)c2ccc(-c3c(OC(F)F)ccc(Cl)c3F)c[n+]2[O-])cc1. The number of ketones is 1. The lowest BCUT2D eigenvalue weighted by Crippen LogP contribution is -2.40. The van der Waals surface area contributed by atoms with Crippen LogP contribution in [0.25, 0.3) is 16.9 Å². The van der Waals surface area contributed by atoms with Crippen molar-refractivity contribution in [2.45, 2.75) is 44.1 Å². The Bertz CT molecular complexity index is 1390. The van der Waals surface area contributed by atoms with Crippen LogP contribution in [0.2, 0.25) is 5.02 Å². The van der Waals surface area contributed by atoms with Gasteiger partial charge in [0, 0.05) is 30.9 Å². The number of rotatable bonds is 10. The maximum absolute atomic E-state index is 14.8. The van der Waals surface area contributed by atoms with E-state index in [0.717, 1.165) is 18.3 Å². The van der Waals surface area contributed by atoms with Crippen molar-refractivity contribution in [1.82, 2.24) is 0 Å². The molecule has 1 unspecified atom stereocenters. The fourth-order valence-electron chi connectivity index (χ4n) is 4.75. The van der Waals surface area contributed by atoms with E-state index in [4.69, 9.17) is 11.6 Å². The number of hydrogen-bond donors (Lipinski definition) is 1. The van der Waals surface area contributed by atoms with Crippen molar-refractivity contribution in [3.05, 3.63) is 94.2 Å². The Labute approximate surface area is 225 Å². The molecule has 5 nitrogen and oxygen atoms in total. The van der Waals surface area contributed by atoms with Crippen molar-refractivity contribution in [1.29, 1.82) is 0 Å². The topological polar surface area (TPSA) is 73.5 Å². The van der Waals surface area contributed by atoms with Gasteiger partial charge in [-0.25, -0.2) is 13.2 Å². The molecule has 0 spiro atoms. The Morgan fingerprint density at radius 1 is 1.15 bits per heavy atom. The lowest BCUT2D eigenvalue weighted by Gasteiger charge is -2.36. The van der Waals surface area contributed by atoms with Crippen molar-refractivity contribution in [3.8, 4) is 16.9 Å². The largest absolute Gasteiger partial charge is 0.618 e. The van der Waals surface area contributed by atoms with Crippen LogP contribution in [0.1, 0.15) is 42.0 Å². The molecule has 206 valence electrons. The van der Waals surface area contributed by atoms with Crippen molar-refractivity contribution in [2.24, 2.45) is 5.92 Å². The van der Waals surface area contributed by atoms with Crippen LogP contribution >= 0.6 is 11.6 Å². The van der Waals surface area contributed by atoms with Crippen LogP contribution in [0.5, 0.6) is 5.75 Å². The summed E-state index contributed by atoms with van der Waals surface area (Å²) in [4.78, 5) is 13.4. The molecule has 1 N–H and O–H groups in total. The molecule has 1 fully saturated rings. The highest BCUT2D eigenvalue weighted by atomic mass is 35.5. The molecule has 0 radical (unpaired) electrons. The molecule has 39 heavy (non-hydrogen) atoms. The van der Waals surface area contributed by atoms with E-state index < -0.39 is 60.1 Å². The average molecular weight is 568 g/mol. The molecule has 0 bridgehead atoms. The molecule has 0 amide bonds. The number of carbonyl (C=O) groups is 1. The number of Topliss-reactive ketones (excluding diaryl/α,β-unsaturated/α-hetero) is 1. The molecule has 0 aliphatic heterocycles. The average Bonchev–Trinajstić information content (AvgIpc) is 2.84. The lowest BCUT2D eigenvalue weighted by atomic mass is 9.74. The summed E-state index contributed by atoms with van der Waals surface area (Å²) in [6, 6.07) is 10.9. The lowest BCUT2D eigenvalue weighted by molar-refractivity contribution is -0.614. The van der Waals surface area contributed by atoms with Gasteiger partial charge in [-0.1, -0.05) is 42.4 Å². The molecule has 1 atom stereocenters. The zero-order valence-electron chi connectivity index (χ0n) is 20.4. The summed E-state index contributed by atoms with van der Waals surface area (Å²) < 4.78 is 72.3. The third-order valence-electron chi connectivity index (χ3n) is 6.66. The van der Waals surface area contributed by atoms with Gasteiger partial charge in [-0.15, -0.1) is 0 Å². The smallest absolute Gasteiger partial charge is 0.387 e. The maximum atomic E-state index is 14.8. The molecule has 1 heterocycles. The number of alkyl halides is 4. The van der Waals surface area contributed by atoms with Crippen LogP contribution in [0.4, 0.5) is 22.0 Å². The van der Waals surface area contributed by atoms with Crippen LogP contribution in [-0.2, 0) is 11.2 Å². The van der Waals surface area contributed by atoms with Gasteiger partial charge in [0.1, 0.15) is 17.4 Å². The second kappa shape index (κ2) is 11.2. The van der Waals surface area contributed by atoms with E-state index in [1.54, 1.807) is 24.3 Å². The number of ether oxygens (including phenoxy) is 1. The predicted molar refractivity (Wildman–Crippen MR) is 134 cm³/mol. The Balaban J connectivity index is 1.67. The van der Waals surface area contributed by atoms with Gasteiger partial charge in [0.15, 0.2) is 17.8 Å². The highest BCUT2D eigenvalue weighted by Gasteiger charge is 2.47. The number of aliphatic hydroxyl groups is 1. The number of carbonyl (C=O) groups excluding carboxylic acids is 1. The van der Waals surface area contributed by atoms with E-state index in [-0.39, 0.29) is 34.9 Å². The minimum absolute atomic E-state index is 0.00713. The van der Waals surface area contributed by atoms with E-state index in [9.17, 15) is 37.1 Å². The van der Waals surface area contributed by atoms with Crippen molar-refractivity contribution < 1.29 is 41.3 Å². The molecular weight excluding hydrogens is 545 g/mol. The van der Waals surface area contributed by atoms with E-state index in [2.05, 4.69) is 11.3 Å². The van der Waals surface area contributed by atoms with Gasteiger partial charge in [-0.3, -0.25) is 4.79 Å². The normalized spacial score (nSPS) is 15.6. The summed E-state index contributed by atoms with van der Waals surface area (Å²) in [6.45, 7) is 0.158. The molecule has 0 saturated heterocycles. The van der Waals surface area contributed by atoms with Gasteiger partial charge in [0.2, 0.25) is 11.6 Å². The Morgan fingerprint density at radius 2 is 1.82 bits per heavy atom. The van der Waals surface area contributed by atoms with Crippen LogP contribution in [0.3, 0.4) is 0 Å². The minimum Gasteiger partial charge on any atom is -0.618 e. The first kappa shape index (κ1) is 28.4. The van der Waals surface area contributed by atoms with Gasteiger partial charge in [0.25, 0.3) is 0 Å². The Kier molecular flexibility index (Phi) is 8.15. The first-order chi connectivity index (χ1) is 18.3. The van der Waals surface area contributed by atoms with Crippen molar-refractivity contribution in [2.75, 3.05) is 0 Å².